The molecule has 0 aliphatic heterocycles. The molecule has 0 bridgehead atoms. The van der Waals surface area contributed by atoms with E-state index < -0.39 is 0 Å². The maximum Gasteiger partial charge on any atom is 0.0702 e. The zero-order valence-corrected chi connectivity index (χ0v) is 10.0. The van der Waals surface area contributed by atoms with Crippen LogP contribution in [0.15, 0.2) is 36.0 Å². The van der Waals surface area contributed by atoms with Crippen LogP contribution in [-0.4, -0.2) is 9.67 Å². The molecule has 2 nitrogen and oxygen atoms in total. The van der Waals surface area contributed by atoms with Crippen LogP contribution in [0.3, 0.4) is 0 Å². The van der Waals surface area contributed by atoms with Crippen LogP contribution in [0.4, 0.5) is 0 Å². The number of aliphatic hydroxyl groups excluding tert-OH is 1. The molecule has 0 saturated heterocycles. The Bertz CT molecular complexity index is 531. The molecule has 0 fully saturated rings. The Morgan fingerprint density at radius 2 is 2.19 bits per heavy atom. The molecule has 0 aliphatic rings. The van der Waals surface area contributed by atoms with Gasteiger partial charge in [0, 0.05) is 34.2 Å². The molecule has 4 heteroatoms. The number of fused-ring (bicyclic) bond motifs is 1. The minimum Gasteiger partial charge on any atom is -0.392 e. The van der Waals surface area contributed by atoms with Crippen LogP contribution in [0, 0.1) is 0 Å². The van der Waals surface area contributed by atoms with Crippen molar-refractivity contribution in [2.75, 3.05) is 0 Å². The van der Waals surface area contributed by atoms with E-state index in [9.17, 15) is 5.11 Å². The number of hydrogen-bond donors (Lipinski definition) is 1. The highest BCUT2D eigenvalue weighted by molar-refractivity contribution is 6.31. The van der Waals surface area contributed by atoms with Crippen molar-refractivity contribution in [3.8, 4) is 0 Å². The zero-order valence-electron chi connectivity index (χ0n) is 8.53. The zero-order chi connectivity index (χ0) is 11.5. The molecule has 0 amide bonds. The summed E-state index contributed by atoms with van der Waals surface area (Å²) < 4.78 is 2.01. The van der Waals surface area contributed by atoms with Crippen LogP contribution in [0.2, 0.25) is 5.02 Å². The highest BCUT2D eigenvalue weighted by Gasteiger charge is 2.07. The lowest BCUT2D eigenvalue weighted by Crippen LogP contribution is -1.91. The lowest BCUT2D eigenvalue weighted by atomic mass is 10.2. The summed E-state index contributed by atoms with van der Waals surface area (Å²) in [7, 11) is 0. The fourth-order valence-electron chi connectivity index (χ4n) is 1.77. The van der Waals surface area contributed by atoms with Crippen molar-refractivity contribution in [3.05, 3.63) is 46.6 Å². The Balaban J connectivity index is 2.59. The van der Waals surface area contributed by atoms with E-state index in [0.29, 0.717) is 11.6 Å². The molecule has 1 aromatic heterocycles. The molecule has 1 heterocycles. The molecule has 0 saturated carbocycles. The van der Waals surface area contributed by atoms with E-state index in [2.05, 4.69) is 0 Å². The van der Waals surface area contributed by atoms with Gasteiger partial charge < -0.3 is 9.67 Å². The van der Waals surface area contributed by atoms with E-state index in [4.69, 9.17) is 23.2 Å². The van der Waals surface area contributed by atoms with Gasteiger partial charge in [-0.05, 0) is 12.1 Å². The first-order chi connectivity index (χ1) is 7.76. The summed E-state index contributed by atoms with van der Waals surface area (Å²) in [6.07, 6.45) is 3.75. The third-order valence-electron chi connectivity index (χ3n) is 2.49. The molecule has 1 aromatic carbocycles. The van der Waals surface area contributed by atoms with Crippen LogP contribution >= 0.6 is 23.2 Å². The van der Waals surface area contributed by atoms with Crippen molar-refractivity contribution in [2.45, 2.75) is 13.2 Å². The van der Waals surface area contributed by atoms with E-state index in [-0.39, 0.29) is 6.61 Å². The van der Waals surface area contributed by atoms with Gasteiger partial charge in [-0.25, -0.2) is 0 Å². The van der Waals surface area contributed by atoms with E-state index in [1.165, 1.54) is 5.54 Å². The van der Waals surface area contributed by atoms with Gasteiger partial charge in [-0.1, -0.05) is 35.3 Å². The normalized spacial score (nSPS) is 11.7. The average Bonchev–Trinajstić information content (AvgIpc) is 2.64. The quantitative estimate of drug-likeness (QED) is 0.892. The van der Waals surface area contributed by atoms with Gasteiger partial charge in [-0.2, -0.15) is 0 Å². The van der Waals surface area contributed by atoms with Gasteiger partial charge in [0.05, 0.1) is 12.1 Å². The maximum absolute atomic E-state index is 9.25. The highest BCUT2D eigenvalue weighted by Crippen LogP contribution is 2.24. The van der Waals surface area contributed by atoms with Gasteiger partial charge in [0.1, 0.15) is 0 Å². The molecule has 0 unspecified atom stereocenters. The molecular formula is C12H11Cl2NO. The van der Waals surface area contributed by atoms with Gasteiger partial charge in [-0.3, -0.25) is 0 Å². The second-order valence-electron chi connectivity index (χ2n) is 3.49. The van der Waals surface area contributed by atoms with E-state index in [1.807, 2.05) is 35.0 Å². The first-order valence-corrected chi connectivity index (χ1v) is 5.71. The highest BCUT2D eigenvalue weighted by atomic mass is 35.5. The molecule has 0 radical (unpaired) electrons. The molecule has 0 atom stereocenters. The predicted octanol–water partition coefficient (Wildman–Crippen LogP) is 3.54. The lowest BCUT2D eigenvalue weighted by Gasteiger charge is -2.00. The third-order valence-corrected chi connectivity index (χ3v) is 2.90. The second-order valence-corrected chi connectivity index (χ2v) is 4.18. The molecule has 0 spiro atoms. The number of allylic oxidation sites excluding steroid dienone is 1. The number of hydrogen-bond acceptors (Lipinski definition) is 1. The van der Waals surface area contributed by atoms with Gasteiger partial charge >= 0.3 is 0 Å². The molecule has 0 aliphatic carbocycles. The molecule has 84 valence electrons. The topological polar surface area (TPSA) is 25.2 Å². The monoisotopic (exact) mass is 255 g/mol. The van der Waals surface area contributed by atoms with Crippen molar-refractivity contribution in [2.24, 2.45) is 0 Å². The van der Waals surface area contributed by atoms with E-state index in [0.717, 1.165) is 16.5 Å². The first-order valence-electron chi connectivity index (χ1n) is 4.89. The van der Waals surface area contributed by atoms with Crippen molar-refractivity contribution in [1.29, 1.82) is 0 Å². The first kappa shape index (κ1) is 11.5. The SMILES string of the molecule is OCc1cn(C/C=C/Cl)c2cc(Cl)ccc12. The minimum atomic E-state index is 0.0235. The number of rotatable bonds is 3. The third kappa shape index (κ3) is 2.09. The number of aliphatic hydroxyl groups is 1. The predicted molar refractivity (Wildman–Crippen MR) is 67.9 cm³/mol. The Morgan fingerprint density at radius 1 is 1.38 bits per heavy atom. The lowest BCUT2D eigenvalue weighted by molar-refractivity contribution is 0.283. The Hall–Kier alpha value is -0.960. The summed E-state index contributed by atoms with van der Waals surface area (Å²) in [4.78, 5) is 0. The van der Waals surface area contributed by atoms with Crippen molar-refractivity contribution >= 4 is 34.1 Å². The number of benzene rings is 1. The second kappa shape index (κ2) is 4.91. The largest absolute Gasteiger partial charge is 0.392 e. The molecular weight excluding hydrogens is 245 g/mol. The molecule has 1 N–H and O–H groups in total. The number of aromatic nitrogens is 1. The average molecular weight is 256 g/mol. The van der Waals surface area contributed by atoms with Crippen LogP contribution in [-0.2, 0) is 13.2 Å². The van der Waals surface area contributed by atoms with Crippen LogP contribution < -0.4 is 0 Å². The Labute approximate surface area is 104 Å². The standard InChI is InChI=1S/C12H11Cl2NO/c13-4-1-5-15-7-9(8-16)11-3-2-10(14)6-12(11)15/h1-4,6-7,16H,5,8H2/b4-1+. The van der Waals surface area contributed by atoms with Crippen LogP contribution in [0.5, 0.6) is 0 Å². The Kier molecular flexibility index (Phi) is 3.54. The van der Waals surface area contributed by atoms with E-state index >= 15 is 0 Å². The summed E-state index contributed by atoms with van der Waals surface area (Å²) in [5.41, 5.74) is 3.38. The molecule has 2 aromatic rings. The van der Waals surface area contributed by atoms with Gasteiger partial charge in [0.2, 0.25) is 0 Å². The summed E-state index contributed by atoms with van der Waals surface area (Å²) >= 11 is 11.5. The maximum atomic E-state index is 9.25. The Morgan fingerprint density at radius 3 is 2.88 bits per heavy atom. The fourth-order valence-corrected chi connectivity index (χ4v) is 2.02. The van der Waals surface area contributed by atoms with Crippen LogP contribution in [0.1, 0.15) is 5.56 Å². The minimum absolute atomic E-state index is 0.0235. The molecule has 2 rings (SSSR count). The number of halogens is 2. The van der Waals surface area contributed by atoms with Gasteiger partial charge in [0.15, 0.2) is 0 Å². The van der Waals surface area contributed by atoms with Crippen molar-refractivity contribution in [3.63, 3.8) is 0 Å². The van der Waals surface area contributed by atoms with Gasteiger partial charge in [0.25, 0.3) is 0 Å². The van der Waals surface area contributed by atoms with E-state index in [1.54, 1.807) is 0 Å². The summed E-state index contributed by atoms with van der Waals surface area (Å²) in [5, 5.41) is 11.0. The molecule has 16 heavy (non-hydrogen) atoms. The van der Waals surface area contributed by atoms with Crippen molar-refractivity contribution in [1.82, 2.24) is 4.57 Å². The van der Waals surface area contributed by atoms with Crippen LogP contribution in [0.25, 0.3) is 10.9 Å². The number of nitrogens with zero attached hydrogens (tertiary/aromatic N) is 1. The summed E-state index contributed by atoms with van der Waals surface area (Å²) in [5.74, 6) is 0. The fraction of sp³-hybridized carbons (Fsp3) is 0.167. The smallest absolute Gasteiger partial charge is 0.0702 e. The van der Waals surface area contributed by atoms with Crippen molar-refractivity contribution < 1.29 is 5.11 Å². The van der Waals surface area contributed by atoms with Gasteiger partial charge in [-0.15, -0.1) is 0 Å². The summed E-state index contributed by atoms with van der Waals surface area (Å²) in [6, 6.07) is 5.63. The summed E-state index contributed by atoms with van der Waals surface area (Å²) in [6.45, 7) is 0.691.